The number of fused-ring (bicyclic) bond motifs is 1. The molecular formula is C15H18N6O2. The van der Waals surface area contributed by atoms with E-state index in [9.17, 15) is 9.59 Å². The number of aromatic nitrogens is 3. The summed E-state index contributed by atoms with van der Waals surface area (Å²) >= 11 is 0. The topological polar surface area (TPSA) is 97.4 Å². The molecule has 23 heavy (non-hydrogen) atoms. The fourth-order valence-electron chi connectivity index (χ4n) is 2.74. The largest absolute Gasteiger partial charge is 0.369 e. The average molecular weight is 314 g/mol. The molecule has 120 valence electrons. The second kappa shape index (κ2) is 5.71. The summed E-state index contributed by atoms with van der Waals surface area (Å²) in [6.07, 6.45) is 6.87. The normalized spacial score (nSPS) is 13.6. The van der Waals surface area contributed by atoms with Crippen LogP contribution in [0.3, 0.4) is 0 Å². The third-order valence-corrected chi connectivity index (χ3v) is 3.91. The van der Waals surface area contributed by atoms with Crippen molar-refractivity contribution in [1.82, 2.24) is 24.3 Å². The van der Waals surface area contributed by atoms with E-state index in [2.05, 4.69) is 9.97 Å². The van der Waals surface area contributed by atoms with Gasteiger partial charge in [-0.3, -0.25) is 14.3 Å². The number of carbonyl (C=O) groups is 2. The summed E-state index contributed by atoms with van der Waals surface area (Å²) in [4.78, 5) is 36.0. The van der Waals surface area contributed by atoms with Crippen LogP contribution in [0.2, 0.25) is 0 Å². The van der Waals surface area contributed by atoms with Crippen LogP contribution in [-0.2, 0) is 13.0 Å². The summed E-state index contributed by atoms with van der Waals surface area (Å²) < 4.78 is 1.30. The minimum Gasteiger partial charge on any atom is -0.369 e. The molecule has 0 aliphatic carbocycles. The Morgan fingerprint density at radius 2 is 2.09 bits per heavy atom. The number of carbonyl (C=O) groups excluding carboxylic acids is 2. The van der Waals surface area contributed by atoms with Crippen LogP contribution in [0.5, 0.6) is 0 Å². The van der Waals surface area contributed by atoms with Crippen molar-refractivity contribution in [2.24, 2.45) is 0 Å². The predicted molar refractivity (Wildman–Crippen MR) is 83.8 cm³/mol. The second-order valence-corrected chi connectivity index (χ2v) is 5.63. The van der Waals surface area contributed by atoms with E-state index < -0.39 is 0 Å². The standard InChI is InChI=1S/C15H18N6O2/c1-19(2)15(23)20-5-3-11-10(9-20)7-17-8-12(11)13(22)21-6-4-18-14(21)16/h4,6-8H,3,5,9H2,1-2H3,(H2,16,18). The molecule has 0 saturated carbocycles. The van der Waals surface area contributed by atoms with Crippen LogP contribution in [0.4, 0.5) is 10.7 Å². The number of nitrogens with zero attached hydrogens (tertiary/aromatic N) is 5. The highest BCUT2D eigenvalue weighted by atomic mass is 16.2. The summed E-state index contributed by atoms with van der Waals surface area (Å²) in [7, 11) is 3.44. The van der Waals surface area contributed by atoms with Crippen molar-refractivity contribution >= 4 is 17.9 Å². The summed E-state index contributed by atoms with van der Waals surface area (Å²) in [5, 5.41) is 0. The van der Waals surface area contributed by atoms with E-state index in [1.54, 1.807) is 36.3 Å². The van der Waals surface area contributed by atoms with E-state index in [4.69, 9.17) is 5.73 Å². The first-order chi connectivity index (χ1) is 11.0. The van der Waals surface area contributed by atoms with Crippen LogP contribution in [0.25, 0.3) is 0 Å². The smallest absolute Gasteiger partial charge is 0.319 e. The third-order valence-electron chi connectivity index (χ3n) is 3.91. The molecule has 2 aromatic heterocycles. The Labute approximate surface area is 133 Å². The Balaban J connectivity index is 1.93. The van der Waals surface area contributed by atoms with Gasteiger partial charge in [-0.15, -0.1) is 0 Å². The van der Waals surface area contributed by atoms with Gasteiger partial charge < -0.3 is 15.5 Å². The van der Waals surface area contributed by atoms with Crippen LogP contribution in [0.15, 0.2) is 24.8 Å². The van der Waals surface area contributed by atoms with Crippen LogP contribution >= 0.6 is 0 Å². The van der Waals surface area contributed by atoms with Gasteiger partial charge in [-0.25, -0.2) is 9.78 Å². The number of hydrogen-bond donors (Lipinski definition) is 1. The van der Waals surface area contributed by atoms with Gasteiger partial charge in [0.05, 0.1) is 5.56 Å². The maximum atomic E-state index is 12.6. The highest BCUT2D eigenvalue weighted by Gasteiger charge is 2.26. The number of pyridine rings is 1. The maximum absolute atomic E-state index is 12.6. The molecule has 0 fully saturated rings. The predicted octanol–water partition coefficient (Wildman–Crippen LogP) is 0.588. The molecule has 3 heterocycles. The van der Waals surface area contributed by atoms with E-state index >= 15 is 0 Å². The Kier molecular flexibility index (Phi) is 3.73. The number of urea groups is 1. The molecule has 0 saturated heterocycles. The molecule has 2 aromatic rings. The molecule has 0 aromatic carbocycles. The number of nitrogens with two attached hydrogens (primary N) is 1. The van der Waals surface area contributed by atoms with Crippen LogP contribution in [-0.4, -0.2) is 56.9 Å². The molecule has 2 N–H and O–H groups in total. The number of anilines is 1. The zero-order valence-corrected chi connectivity index (χ0v) is 13.1. The minimum atomic E-state index is -0.253. The van der Waals surface area contributed by atoms with E-state index in [1.807, 2.05) is 0 Å². The van der Waals surface area contributed by atoms with Gasteiger partial charge in [-0.2, -0.15) is 0 Å². The molecular weight excluding hydrogens is 296 g/mol. The van der Waals surface area contributed by atoms with Gasteiger partial charge in [0.2, 0.25) is 5.95 Å². The average Bonchev–Trinajstić information content (AvgIpc) is 2.98. The van der Waals surface area contributed by atoms with Crippen LogP contribution in [0, 0.1) is 0 Å². The lowest BCUT2D eigenvalue weighted by molar-refractivity contribution is 0.0960. The summed E-state index contributed by atoms with van der Waals surface area (Å²) in [6, 6.07) is -0.0498. The van der Waals surface area contributed by atoms with Crippen molar-refractivity contribution in [3.8, 4) is 0 Å². The highest BCUT2D eigenvalue weighted by Crippen LogP contribution is 2.23. The number of imidazole rings is 1. The van der Waals surface area contributed by atoms with Gasteiger partial charge in [-0.1, -0.05) is 0 Å². The zero-order valence-electron chi connectivity index (χ0n) is 13.1. The molecule has 3 rings (SSSR count). The van der Waals surface area contributed by atoms with E-state index in [1.165, 1.54) is 17.0 Å². The van der Waals surface area contributed by atoms with Gasteiger partial charge in [0.15, 0.2) is 0 Å². The lowest BCUT2D eigenvalue weighted by atomic mass is 9.97. The molecule has 8 nitrogen and oxygen atoms in total. The molecule has 0 spiro atoms. The molecule has 0 unspecified atom stereocenters. The van der Waals surface area contributed by atoms with Crippen molar-refractivity contribution < 1.29 is 9.59 Å². The summed E-state index contributed by atoms with van der Waals surface area (Å²) in [6.45, 7) is 1.01. The van der Waals surface area contributed by atoms with Crippen molar-refractivity contribution in [3.05, 3.63) is 41.5 Å². The quantitative estimate of drug-likeness (QED) is 0.831. The Morgan fingerprint density at radius 1 is 1.30 bits per heavy atom. The molecule has 1 aliphatic heterocycles. The van der Waals surface area contributed by atoms with Crippen molar-refractivity contribution in [3.63, 3.8) is 0 Å². The number of hydrogen-bond acceptors (Lipinski definition) is 5. The van der Waals surface area contributed by atoms with E-state index in [0.29, 0.717) is 25.1 Å². The number of amides is 2. The first kappa shape index (κ1) is 15.0. The second-order valence-electron chi connectivity index (χ2n) is 5.63. The van der Waals surface area contributed by atoms with Gasteiger partial charge in [-0.05, 0) is 17.5 Å². The lowest BCUT2D eigenvalue weighted by Crippen LogP contribution is -2.42. The Hall–Kier alpha value is -2.90. The number of nitrogen functional groups attached to an aromatic ring is 1. The maximum Gasteiger partial charge on any atom is 0.319 e. The molecule has 8 heteroatoms. The first-order valence-electron chi connectivity index (χ1n) is 7.24. The van der Waals surface area contributed by atoms with Crippen LogP contribution in [0.1, 0.15) is 21.5 Å². The molecule has 2 amide bonds. The van der Waals surface area contributed by atoms with Crippen molar-refractivity contribution in [2.75, 3.05) is 26.4 Å². The molecule has 0 atom stereocenters. The highest BCUT2D eigenvalue weighted by molar-refractivity contribution is 5.98. The minimum absolute atomic E-state index is 0.0498. The summed E-state index contributed by atoms with van der Waals surface area (Å²) in [5.74, 6) is -0.107. The Morgan fingerprint density at radius 3 is 2.74 bits per heavy atom. The number of rotatable bonds is 1. The van der Waals surface area contributed by atoms with E-state index in [0.717, 1.165) is 11.1 Å². The van der Waals surface area contributed by atoms with Crippen molar-refractivity contribution in [2.45, 2.75) is 13.0 Å². The molecule has 0 bridgehead atoms. The van der Waals surface area contributed by atoms with Gasteiger partial charge >= 0.3 is 6.03 Å². The molecule has 0 radical (unpaired) electrons. The SMILES string of the molecule is CN(C)C(=O)N1CCc2c(cncc2C(=O)n2ccnc2N)C1. The van der Waals surface area contributed by atoms with Gasteiger partial charge in [0.25, 0.3) is 5.91 Å². The fraction of sp³-hybridized carbons (Fsp3) is 0.333. The van der Waals surface area contributed by atoms with E-state index in [-0.39, 0.29) is 17.9 Å². The third kappa shape index (κ3) is 2.63. The zero-order chi connectivity index (χ0) is 16.6. The van der Waals surface area contributed by atoms with Gasteiger partial charge in [0.1, 0.15) is 0 Å². The Bertz CT molecular complexity index is 767. The monoisotopic (exact) mass is 314 g/mol. The fourth-order valence-corrected chi connectivity index (χ4v) is 2.74. The first-order valence-corrected chi connectivity index (χ1v) is 7.24. The van der Waals surface area contributed by atoms with Gasteiger partial charge in [0, 0.05) is 52.0 Å². The summed E-state index contributed by atoms with van der Waals surface area (Å²) in [5.41, 5.74) is 8.01. The van der Waals surface area contributed by atoms with Crippen molar-refractivity contribution in [1.29, 1.82) is 0 Å². The molecule has 1 aliphatic rings. The van der Waals surface area contributed by atoms with Crippen LogP contribution < -0.4 is 5.73 Å². The lowest BCUT2D eigenvalue weighted by Gasteiger charge is -2.31.